The van der Waals surface area contributed by atoms with Crippen LogP contribution in [-0.2, 0) is 7.05 Å². The third-order valence-corrected chi connectivity index (χ3v) is 2.41. The molecule has 0 bridgehead atoms. The van der Waals surface area contributed by atoms with E-state index in [0.29, 0.717) is 10.6 Å². The van der Waals surface area contributed by atoms with E-state index in [1.54, 1.807) is 12.3 Å². The monoisotopic (exact) mass is 193 g/mol. The lowest BCUT2D eigenvalue weighted by molar-refractivity contribution is 0.112. The Labute approximate surface area is 80.7 Å². The van der Waals surface area contributed by atoms with E-state index in [1.165, 1.54) is 0 Å². The van der Waals surface area contributed by atoms with Crippen LogP contribution in [0.3, 0.4) is 0 Å². The van der Waals surface area contributed by atoms with Crippen LogP contribution in [-0.4, -0.2) is 10.9 Å². The second kappa shape index (κ2) is 2.89. The summed E-state index contributed by atoms with van der Waals surface area (Å²) in [6.07, 6.45) is 2.63. The van der Waals surface area contributed by atoms with Gasteiger partial charge in [0.25, 0.3) is 0 Å². The number of rotatable bonds is 1. The van der Waals surface area contributed by atoms with E-state index < -0.39 is 0 Å². The first-order valence-corrected chi connectivity index (χ1v) is 4.30. The van der Waals surface area contributed by atoms with E-state index in [1.807, 2.05) is 23.7 Å². The highest BCUT2D eigenvalue weighted by molar-refractivity contribution is 6.36. The number of hydrogen-bond acceptors (Lipinski definition) is 1. The molecule has 2 aromatic rings. The van der Waals surface area contributed by atoms with E-state index >= 15 is 0 Å². The fourth-order valence-corrected chi connectivity index (χ4v) is 1.87. The van der Waals surface area contributed by atoms with Gasteiger partial charge < -0.3 is 4.57 Å². The van der Waals surface area contributed by atoms with Crippen LogP contribution in [0.1, 0.15) is 10.4 Å². The van der Waals surface area contributed by atoms with Crippen molar-refractivity contribution in [3.05, 3.63) is 35.0 Å². The quantitative estimate of drug-likeness (QED) is 0.639. The molecule has 0 saturated heterocycles. The van der Waals surface area contributed by atoms with Gasteiger partial charge in [0.1, 0.15) is 0 Å². The first kappa shape index (κ1) is 8.32. The predicted octanol–water partition coefficient (Wildman–Crippen LogP) is 2.64. The molecule has 0 radical (unpaired) electrons. The fraction of sp³-hybridized carbons (Fsp3) is 0.100. The minimum absolute atomic E-state index is 0.625. The van der Waals surface area contributed by atoms with Gasteiger partial charge in [0, 0.05) is 24.2 Å². The molecule has 0 aliphatic rings. The van der Waals surface area contributed by atoms with Crippen LogP contribution < -0.4 is 0 Å². The SMILES string of the molecule is Cn1cc(Cl)c2c(C=O)cccc21. The van der Waals surface area contributed by atoms with Crippen LogP contribution >= 0.6 is 11.6 Å². The Balaban J connectivity index is 2.96. The molecule has 2 nitrogen and oxygen atoms in total. The van der Waals surface area contributed by atoms with Crippen molar-refractivity contribution < 1.29 is 4.79 Å². The fourth-order valence-electron chi connectivity index (χ4n) is 1.51. The molecular formula is C10H8ClNO. The summed E-state index contributed by atoms with van der Waals surface area (Å²) < 4.78 is 1.91. The predicted molar refractivity (Wildman–Crippen MR) is 53.3 cm³/mol. The number of aryl methyl sites for hydroxylation is 1. The Kier molecular flexibility index (Phi) is 1.85. The van der Waals surface area contributed by atoms with Gasteiger partial charge in [-0.25, -0.2) is 0 Å². The molecule has 0 aliphatic heterocycles. The Morgan fingerprint density at radius 1 is 1.46 bits per heavy atom. The third kappa shape index (κ3) is 1.14. The normalized spacial score (nSPS) is 10.6. The van der Waals surface area contributed by atoms with Crippen molar-refractivity contribution >= 4 is 28.8 Å². The van der Waals surface area contributed by atoms with Gasteiger partial charge in [0.15, 0.2) is 6.29 Å². The molecule has 0 N–H and O–H groups in total. The van der Waals surface area contributed by atoms with Crippen LogP contribution in [0, 0.1) is 0 Å². The van der Waals surface area contributed by atoms with E-state index in [4.69, 9.17) is 11.6 Å². The molecular weight excluding hydrogens is 186 g/mol. The van der Waals surface area contributed by atoms with Crippen molar-refractivity contribution in [3.63, 3.8) is 0 Å². The van der Waals surface area contributed by atoms with E-state index in [2.05, 4.69) is 0 Å². The lowest BCUT2D eigenvalue weighted by Gasteiger charge is -1.96. The maximum atomic E-state index is 10.7. The van der Waals surface area contributed by atoms with Crippen molar-refractivity contribution in [2.45, 2.75) is 0 Å². The number of benzene rings is 1. The molecule has 1 heterocycles. The highest BCUT2D eigenvalue weighted by Crippen LogP contribution is 2.27. The van der Waals surface area contributed by atoms with Crippen LogP contribution in [0.15, 0.2) is 24.4 Å². The van der Waals surface area contributed by atoms with Gasteiger partial charge >= 0.3 is 0 Å². The highest BCUT2D eigenvalue weighted by Gasteiger charge is 2.07. The Morgan fingerprint density at radius 2 is 2.23 bits per heavy atom. The van der Waals surface area contributed by atoms with Gasteiger partial charge in [-0.3, -0.25) is 4.79 Å². The maximum absolute atomic E-state index is 10.7. The lowest BCUT2D eigenvalue weighted by Crippen LogP contribution is -1.85. The Bertz CT molecular complexity index is 473. The minimum atomic E-state index is 0.625. The Hall–Kier alpha value is -1.28. The summed E-state index contributed by atoms with van der Waals surface area (Å²) >= 11 is 5.98. The van der Waals surface area contributed by atoms with Gasteiger partial charge in [-0.2, -0.15) is 0 Å². The molecule has 1 aromatic carbocycles. The van der Waals surface area contributed by atoms with Crippen molar-refractivity contribution in [1.82, 2.24) is 4.57 Å². The maximum Gasteiger partial charge on any atom is 0.150 e. The molecule has 0 saturated carbocycles. The topological polar surface area (TPSA) is 22.0 Å². The second-order valence-electron chi connectivity index (χ2n) is 2.95. The van der Waals surface area contributed by atoms with Crippen molar-refractivity contribution in [2.24, 2.45) is 7.05 Å². The van der Waals surface area contributed by atoms with Crippen LogP contribution in [0.25, 0.3) is 10.9 Å². The van der Waals surface area contributed by atoms with E-state index in [0.717, 1.165) is 17.2 Å². The second-order valence-corrected chi connectivity index (χ2v) is 3.35. The number of carbonyl (C=O) groups is 1. The zero-order valence-electron chi connectivity index (χ0n) is 7.12. The van der Waals surface area contributed by atoms with E-state index in [9.17, 15) is 4.79 Å². The van der Waals surface area contributed by atoms with Crippen LogP contribution in [0.5, 0.6) is 0 Å². The molecule has 0 spiro atoms. The van der Waals surface area contributed by atoms with Crippen molar-refractivity contribution in [2.75, 3.05) is 0 Å². The summed E-state index contributed by atoms with van der Waals surface area (Å²) in [5.41, 5.74) is 1.62. The number of aromatic nitrogens is 1. The molecule has 0 aliphatic carbocycles. The molecule has 3 heteroatoms. The minimum Gasteiger partial charge on any atom is -0.349 e. The first-order valence-electron chi connectivity index (χ1n) is 3.93. The smallest absolute Gasteiger partial charge is 0.150 e. The summed E-state index contributed by atoms with van der Waals surface area (Å²) in [5, 5.41) is 1.46. The summed E-state index contributed by atoms with van der Waals surface area (Å²) in [4.78, 5) is 10.7. The molecule has 0 atom stereocenters. The first-order chi connectivity index (χ1) is 6.24. The molecule has 0 unspecified atom stereocenters. The van der Waals surface area contributed by atoms with Gasteiger partial charge in [-0.1, -0.05) is 23.7 Å². The molecule has 13 heavy (non-hydrogen) atoms. The molecule has 0 fully saturated rings. The van der Waals surface area contributed by atoms with Gasteiger partial charge in [-0.05, 0) is 6.07 Å². The summed E-state index contributed by atoms with van der Waals surface area (Å²) in [6.45, 7) is 0. The number of aldehydes is 1. The van der Waals surface area contributed by atoms with Crippen LogP contribution in [0.2, 0.25) is 5.02 Å². The zero-order chi connectivity index (χ0) is 9.42. The van der Waals surface area contributed by atoms with Crippen LogP contribution in [0.4, 0.5) is 0 Å². The zero-order valence-corrected chi connectivity index (χ0v) is 7.88. The lowest BCUT2D eigenvalue weighted by atomic mass is 10.1. The van der Waals surface area contributed by atoms with Crippen molar-refractivity contribution in [3.8, 4) is 0 Å². The summed E-state index contributed by atoms with van der Waals surface area (Å²) in [6, 6.07) is 5.55. The standard InChI is InChI=1S/C10H8ClNO/c1-12-5-8(11)10-7(6-13)3-2-4-9(10)12/h2-6H,1H3. The summed E-state index contributed by atoms with van der Waals surface area (Å²) in [5.74, 6) is 0. The largest absolute Gasteiger partial charge is 0.349 e. The Morgan fingerprint density at radius 3 is 2.92 bits per heavy atom. The van der Waals surface area contributed by atoms with Gasteiger partial charge in [0.2, 0.25) is 0 Å². The number of carbonyl (C=O) groups excluding carboxylic acids is 1. The van der Waals surface area contributed by atoms with E-state index in [-0.39, 0.29) is 0 Å². The molecule has 66 valence electrons. The average molecular weight is 194 g/mol. The molecule has 1 aromatic heterocycles. The van der Waals surface area contributed by atoms with Gasteiger partial charge in [-0.15, -0.1) is 0 Å². The van der Waals surface area contributed by atoms with Gasteiger partial charge in [0.05, 0.1) is 10.5 Å². The highest BCUT2D eigenvalue weighted by atomic mass is 35.5. The molecule has 2 rings (SSSR count). The number of hydrogen-bond donors (Lipinski definition) is 0. The third-order valence-electron chi connectivity index (χ3n) is 2.13. The number of fused-ring (bicyclic) bond motifs is 1. The van der Waals surface area contributed by atoms with Crippen molar-refractivity contribution in [1.29, 1.82) is 0 Å². The summed E-state index contributed by atoms with van der Waals surface area (Å²) in [7, 11) is 1.91. The number of nitrogens with zero attached hydrogens (tertiary/aromatic N) is 1. The average Bonchev–Trinajstić information content (AvgIpc) is 2.43. The molecule has 0 amide bonds. The number of halogens is 1.